The molecule has 1 saturated heterocycles. The quantitative estimate of drug-likeness (QED) is 0.886. The number of rotatable bonds is 5. The average Bonchev–Trinajstić information content (AvgIpc) is 2.85. The summed E-state index contributed by atoms with van der Waals surface area (Å²) in [6, 6.07) is 4.38. The van der Waals surface area contributed by atoms with Gasteiger partial charge in [-0.1, -0.05) is 0 Å². The Bertz CT molecular complexity index is 772. The molecule has 3 heterocycles. The molecular formula is C19H26N4OS. The smallest absolute Gasteiger partial charge is 0.223 e. The molecule has 6 heteroatoms. The van der Waals surface area contributed by atoms with Crippen LogP contribution < -0.4 is 5.32 Å². The zero-order valence-electron chi connectivity index (χ0n) is 16.1. The number of thiazole rings is 1. The van der Waals surface area contributed by atoms with Crippen LogP contribution in [-0.4, -0.2) is 33.9 Å². The second-order valence-electron chi connectivity index (χ2n) is 6.94. The highest BCUT2D eigenvalue weighted by Crippen LogP contribution is 2.25. The van der Waals surface area contributed by atoms with Crippen LogP contribution in [0.1, 0.15) is 43.0 Å². The molecule has 1 fully saturated rings. The van der Waals surface area contributed by atoms with Crippen LogP contribution in [0.5, 0.6) is 0 Å². The first-order chi connectivity index (χ1) is 12.4. The number of hydrogen-bond acceptors (Lipinski definition) is 5. The van der Waals surface area contributed by atoms with Crippen LogP contribution in [0.2, 0.25) is 0 Å². The number of aromatic nitrogens is 2. The van der Waals surface area contributed by atoms with Crippen molar-refractivity contribution in [2.75, 3.05) is 18.4 Å². The van der Waals surface area contributed by atoms with E-state index in [0.717, 1.165) is 42.3 Å². The molecule has 1 atom stereocenters. The molecule has 134 valence electrons. The van der Waals surface area contributed by atoms with E-state index in [4.69, 9.17) is 1.37 Å². The number of pyridine rings is 1. The van der Waals surface area contributed by atoms with Crippen molar-refractivity contribution >= 4 is 22.4 Å². The first kappa shape index (κ1) is 16.7. The molecule has 0 aromatic carbocycles. The van der Waals surface area contributed by atoms with Crippen molar-refractivity contribution in [2.45, 2.75) is 46.6 Å². The van der Waals surface area contributed by atoms with Crippen molar-refractivity contribution in [2.24, 2.45) is 5.92 Å². The Morgan fingerprint density at radius 2 is 2.20 bits per heavy atom. The van der Waals surface area contributed by atoms with Gasteiger partial charge < -0.3 is 5.32 Å². The number of carbonyl (C=O) groups is 1. The summed E-state index contributed by atoms with van der Waals surface area (Å²) in [5, 5.41) is 3.20. The summed E-state index contributed by atoms with van der Waals surface area (Å²) in [5.74, 6) is 0.480. The Balaban J connectivity index is 1.61. The molecule has 0 unspecified atom stereocenters. The Kier molecular flexibility index (Phi) is 5.37. The molecular weight excluding hydrogens is 332 g/mol. The topological polar surface area (TPSA) is 58.1 Å². The zero-order valence-corrected chi connectivity index (χ0v) is 15.9. The van der Waals surface area contributed by atoms with Crippen molar-refractivity contribution in [1.82, 2.24) is 14.9 Å². The zero-order chi connectivity index (χ0) is 18.7. The molecule has 0 aliphatic carbocycles. The van der Waals surface area contributed by atoms with Crippen LogP contribution >= 0.6 is 11.3 Å². The third-order valence-electron chi connectivity index (χ3n) is 4.42. The molecule has 5 nitrogen and oxygen atoms in total. The van der Waals surface area contributed by atoms with Crippen molar-refractivity contribution in [3.8, 4) is 0 Å². The lowest BCUT2D eigenvalue weighted by atomic mass is 9.91. The first-order valence-electron chi connectivity index (χ1n) is 9.29. The van der Waals surface area contributed by atoms with Gasteiger partial charge in [-0.2, -0.15) is 0 Å². The van der Waals surface area contributed by atoms with E-state index in [1.165, 1.54) is 36.7 Å². The minimum Gasteiger partial charge on any atom is -0.302 e. The van der Waals surface area contributed by atoms with Crippen LogP contribution in [0.3, 0.4) is 0 Å². The molecule has 0 saturated carbocycles. The van der Waals surface area contributed by atoms with Crippen molar-refractivity contribution in [3.63, 3.8) is 0 Å². The molecule has 1 aliphatic rings. The SMILES string of the molecule is [3H]c1nc(NC(C)=O)sc1CN1CCC[C@H](Cc2cc(C)nc(C)c2)C1. The number of nitrogens with zero attached hydrogens (tertiary/aromatic N) is 3. The summed E-state index contributed by atoms with van der Waals surface area (Å²) in [6.07, 6.45) is 3.78. The lowest BCUT2D eigenvalue weighted by Crippen LogP contribution is -2.35. The molecule has 2 aromatic heterocycles. The summed E-state index contributed by atoms with van der Waals surface area (Å²) in [4.78, 5) is 23.1. The Morgan fingerprint density at radius 3 is 2.92 bits per heavy atom. The van der Waals surface area contributed by atoms with Gasteiger partial charge in [0, 0.05) is 42.5 Å². The molecule has 0 bridgehead atoms. The number of nitrogens with one attached hydrogen (secondary N) is 1. The van der Waals surface area contributed by atoms with E-state index in [1.54, 1.807) is 0 Å². The van der Waals surface area contributed by atoms with E-state index >= 15 is 0 Å². The second kappa shape index (κ2) is 8.06. The van der Waals surface area contributed by atoms with Gasteiger partial charge in [-0.15, -0.1) is 11.3 Å². The van der Waals surface area contributed by atoms with E-state index < -0.39 is 0 Å². The largest absolute Gasteiger partial charge is 0.302 e. The minimum absolute atomic E-state index is 0.147. The van der Waals surface area contributed by atoms with E-state index in [9.17, 15) is 4.79 Å². The first-order valence-corrected chi connectivity index (χ1v) is 9.61. The number of piperidine rings is 1. The summed E-state index contributed by atoms with van der Waals surface area (Å²) in [6.45, 7) is 8.39. The Labute approximate surface area is 154 Å². The third kappa shape index (κ3) is 5.34. The minimum atomic E-state index is -0.147. The van der Waals surface area contributed by atoms with Gasteiger partial charge in [0.25, 0.3) is 0 Å². The van der Waals surface area contributed by atoms with Crippen LogP contribution in [-0.2, 0) is 17.8 Å². The van der Waals surface area contributed by atoms with Crippen molar-refractivity contribution < 1.29 is 6.17 Å². The van der Waals surface area contributed by atoms with E-state index in [-0.39, 0.29) is 12.1 Å². The Hall–Kier alpha value is -1.79. The maximum Gasteiger partial charge on any atom is 0.223 e. The van der Waals surface area contributed by atoms with Gasteiger partial charge in [0.15, 0.2) is 5.13 Å². The van der Waals surface area contributed by atoms with Gasteiger partial charge in [-0.25, -0.2) is 4.98 Å². The van der Waals surface area contributed by atoms with Crippen molar-refractivity contribution in [3.05, 3.63) is 40.1 Å². The number of hydrogen-bond donors (Lipinski definition) is 1. The lowest BCUT2D eigenvalue weighted by Gasteiger charge is -2.32. The molecule has 1 N–H and O–H groups in total. The number of anilines is 1. The average molecular weight is 361 g/mol. The summed E-state index contributed by atoms with van der Waals surface area (Å²) < 4.78 is 8.05. The molecule has 0 spiro atoms. The lowest BCUT2D eigenvalue weighted by molar-refractivity contribution is -0.114. The fraction of sp³-hybridized carbons (Fsp3) is 0.526. The molecule has 2 aromatic rings. The highest BCUT2D eigenvalue weighted by molar-refractivity contribution is 7.15. The molecule has 25 heavy (non-hydrogen) atoms. The van der Waals surface area contributed by atoms with Gasteiger partial charge >= 0.3 is 0 Å². The summed E-state index contributed by atoms with van der Waals surface area (Å²) in [7, 11) is 0. The fourth-order valence-electron chi connectivity index (χ4n) is 3.58. The standard InChI is InChI=1S/C19H26N4OS/c1-13-7-17(8-14(2)21-13)9-16-5-4-6-23(11-16)12-18-10-20-19(25-18)22-15(3)24/h7-8,10,16H,4-6,9,11-12H2,1-3H3,(H,20,22,24)/t16-/m1/s1/i10T. The van der Waals surface area contributed by atoms with Crippen LogP contribution in [0.25, 0.3) is 0 Å². The van der Waals surface area contributed by atoms with E-state index in [1.807, 2.05) is 0 Å². The molecule has 1 aliphatic heterocycles. The molecule has 1 amide bonds. The third-order valence-corrected chi connectivity index (χ3v) is 5.27. The predicted molar refractivity (Wildman–Crippen MR) is 102 cm³/mol. The highest BCUT2D eigenvalue weighted by Gasteiger charge is 2.21. The van der Waals surface area contributed by atoms with Gasteiger partial charge in [0.2, 0.25) is 5.91 Å². The maximum absolute atomic E-state index is 11.2. The second-order valence-corrected chi connectivity index (χ2v) is 8.02. The fourth-order valence-corrected chi connectivity index (χ4v) is 4.44. The van der Waals surface area contributed by atoms with Gasteiger partial charge in [-0.05, 0) is 63.3 Å². The van der Waals surface area contributed by atoms with E-state index in [0.29, 0.717) is 11.0 Å². The number of amides is 1. The molecule has 3 rings (SSSR count). The predicted octanol–water partition coefficient (Wildman–Crippen LogP) is 3.57. The van der Waals surface area contributed by atoms with Crippen LogP contribution in [0.15, 0.2) is 18.3 Å². The van der Waals surface area contributed by atoms with Gasteiger partial charge in [0.1, 0.15) is 0 Å². The monoisotopic (exact) mass is 360 g/mol. The van der Waals surface area contributed by atoms with E-state index in [2.05, 4.69) is 46.2 Å². The number of aryl methyl sites for hydroxylation is 2. The summed E-state index contributed by atoms with van der Waals surface area (Å²) in [5.41, 5.74) is 3.54. The molecule has 0 radical (unpaired) electrons. The number of carbonyl (C=O) groups excluding carboxylic acids is 1. The van der Waals surface area contributed by atoms with Crippen LogP contribution in [0.4, 0.5) is 5.13 Å². The van der Waals surface area contributed by atoms with Gasteiger partial charge in [0.05, 0.1) is 1.37 Å². The maximum atomic E-state index is 11.2. The van der Waals surface area contributed by atoms with Gasteiger partial charge in [-0.3, -0.25) is 14.7 Å². The van der Waals surface area contributed by atoms with Crippen LogP contribution in [0, 0.1) is 19.8 Å². The Morgan fingerprint density at radius 1 is 1.44 bits per heavy atom. The normalized spacial score (nSPS) is 18.8. The number of likely N-dealkylation sites (tertiary alicyclic amines) is 1. The van der Waals surface area contributed by atoms with Crippen molar-refractivity contribution in [1.29, 1.82) is 0 Å². The highest BCUT2D eigenvalue weighted by atomic mass is 32.1. The summed E-state index contributed by atoms with van der Waals surface area (Å²) >= 11 is 1.41.